The molecule has 5 heteroatoms. The Morgan fingerprint density at radius 3 is 2.46 bits per heavy atom. The minimum atomic E-state index is 0.667. The van der Waals surface area contributed by atoms with E-state index in [2.05, 4.69) is 57.7 Å². The highest BCUT2D eigenvalue weighted by atomic mass is 15.3. The van der Waals surface area contributed by atoms with E-state index in [9.17, 15) is 0 Å². The smallest absolute Gasteiger partial charge is 0.191 e. The maximum atomic E-state index is 4.70. The molecule has 26 heavy (non-hydrogen) atoms. The molecule has 1 aromatic rings. The zero-order valence-electron chi connectivity index (χ0n) is 16.3. The molecule has 1 aromatic carbocycles. The van der Waals surface area contributed by atoms with Crippen molar-refractivity contribution in [3.8, 4) is 0 Å². The molecule has 0 bridgehead atoms. The number of aliphatic imine (C=N–C) groups is 1. The third-order valence-corrected chi connectivity index (χ3v) is 5.13. The molecular weight excluding hydrogens is 322 g/mol. The number of rotatable bonds is 9. The van der Waals surface area contributed by atoms with Gasteiger partial charge in [-0.25, -0.2) is 0 Å². The van der Waals surface area contributed by atoms with Crippen LogP contribution in [0.1, 0.15) is 38.2 Å². The van der Waals surface area contributed by atoms with Crippen molar-refractivity contribution in [2.24, 2.45) is 4.99 Å². The van der Waals surface area contributed by atoms with Gasteiger partial charge in [-0.2, -0.15) is 0 Å². The van der Waals surface area contributed by atoms with E-state index < -0.39 is 0 Å². The first kappa shape index (κ1) is 19.2. The van der Waals surface area contributed by atoms with Crippen LogP contribution in [0.3, 0.4) is 0 Å². The highest BCUT2D eigenvalue weighted by Gasteiger charge is 2.22. The summed E-state index contributed by atoms with van der Waals surface area (Å²) in [5.74, 6) is 1.00. The highest BCUT2D eigenvalue weighted by Crippen LogP contribution is 2.18. The lowest BCUT2D eigenvalue weighted by Gasteiger charge is -2.34. The van der Waals surface area contributed by atoms with Crippen molar-refractivity contribution in [3.05, 3.63) is 35.9 Å². The first-order chi connectivity index (χ1) is 12.8. The average molecular weight is 358 g/mol. The Morgan fingerprint density at radius 1 is 1.04 bits per heavy atom. The SMILES string of the molecule is CCNC(=NCCCCN1CCN(Cc2ccccc2)CC1)NC1CC1. The lowest BCUT2D eigenvalue weighted by Crippen LogP contribution is -2.46. The second kappa shape index (κ2) is 10.5. The Balaban J connectivity index is 1.26. The largest absolute Gasteiger partial charge is 0.357 e. The molecule has 2 aliphatic rings. The normalized spacial score (nSPS) is 19.5. The summed E-state index contributed by atoms with van der Waals surface area (Å²) in [4.78, 5) is 9.88. The predicted molar refractivity (Wildman–Crippen MR) is 110 cm³/mol. The monoisotopic (exact) mass is 357 g/mol. The van der Waals surface area contributed by atoms with Crippen LogP contribution in [0.2, 0.25) is 0 Å². The van der Waals surface area contributed by atoms with E-state index >= 15 is 0 Å². The number of nitrogens with zero attached hydrogens (tertiary/aromatic N) is 3. The fraction of sp³-hybridized carbons (Fsp3) is 0.667. The van der Waals surface area contributed by atoms with E-state index in [-0.39, 0.29) is 0 Å². The maximum Gasteiger partial charge on any atom is 0.191 e. The second-order valence-electron chi connectivity index (χ2n) is 7.49. The summed E-state index contributed by atoms with van der Waals surface area (Å²) in [5.41, 5.74) is 1.43. The van der Waals surface area contributed by atoms with Gasteiger partial charge in [-0.1, -0.05) is 30.3 Å². The number of nitrogens with one attached hydrogen (secondary N) is 2. The van der Waals surface area contributed by atoms with Crippen molar-refractivity contribution in [2.75, 3.05) is 45.8 Å². The minimum Gasteiger partial charge on any atom is -0.357 e. The van der Waals surface area contributed by atoms with Gasteiger partial charge < -0.3 is 15.5 Å². The van der Waals surface area contributed by atoms with Crippen LogP contribution in [0.4, 0.5) is 0 Å². The van der Waals surface area contributed by atoms with E-state index in [0.717, 1.165) is 25.6 Å². The Kier molecular flexibility index (Phi) is 7.77. The summed E-state index contributed by atoms with van der Waals surface area (Å²) in [6, 6.07) is 11.5. The number of piperazine rings is 1. The molecule has 1 heterocycles. The molecule has 1 aliphatic heterocycles. The zero-order chi connectivity index (χ0) is 18.0. The Bertz CT molecular complexity index is 533. The van der Waals surface area contributed by atoms with Crippen LogP contribution in [0.25, 0.3) is 0 Å². The fourth-order valence-electron chi connectivity index (χ4n) is 3.39. The molecule has 0 unspecified atom stereocenters. The molecule has 0 aromatic heterocycles. The molecule has 0 amide bonds. The molecule has 0 atom stereocenters. The van der Waals surface area contributed by atoms with Gasteiger partial charge in [0.05, 0.1) is 0 Å². The summed E-state index contributed by atoms with van der Waals surface area (Å²) in [7, 11) is 0. The van der Waals surface area contributed by atoms with Crippen molar-refractivity contribution in [1.82, 2.24) is 20.4 Å². The van der Waals surface area contributed by atoms with E-state index in [1.165, 1.54) is 64.0 Å². The minimum absolute atomic E-state index is 0.667. The van der Waals surface area contributed by atoms with Gasteiger partial charge in [0.25, 0.3) is 0 Å². The molecule has 2 fully saturated rings. The fourth-order valence-corrected chi connectivity index (χ4v) is 3.39. The van der Waals surface area contributed by atoms with Gasteiger partial charge in [0, 0.05) is 51.9 Å². The van der Waals surface area contributed by atoms with Gasteiger partial charge in [-0.15, -0.1) is 0 Å². The molecule has 1 aliphatic carbocycles. The first-order valence-corrected chi connectivity index (χ1v) is 10.4. The lowest BCUT2D eigenvalue weighted by molar-refractivity contribution is 0.126. The third kappa shape index (κ3) is 6.96. The first-order valence-electron chi connectivity index (χ1n) is 10.4. The van der Waals surface area contributed by atoms with Crippen LogP contribution in [0.5, 0.6) is 0 Å². The van der Waals surface area contributed by atoms with Crippen molar-refractivity contribution in [2.45, 2.75) is 45.2 Å². The van der Waals surface area contributed by atoms with Crippen molar-refractivity contribution in [1.29, 1.82) is 0 Å². The Labute approximate surface area is 158 Å². The Morgan fingerprint density at radius 2 is 1.77 bits per heavy atom. The van der Waals surface area contributed by atoms with Crippen molar-refractivity contribution in [3.63, 3.8) is 0 Å². The summed E-state index contributed by atoms with van der Waals surface area (Å²) in [6.45, 7) is 11.0. The summed E-state index contributed by atoms with van der Waals surface area (Å²) in [6.07, 6.45) is 5.00. The van der Waals surface area contributed by atoms with Crippen LogP contribution in [-0.2, 0) is 6.54 Å². The summed E-state index contributed by atoms with van der Waals surface area (Å²) < 4.78 is 0. The van der Waals surface area contributed by atoms with Gasteiger partial charge in [0.1, 0.15) is 0 Å². The van der Waals surface area contributed by atoms with E-state index in [0.29, 0.717) is 6.04 Å². The standard InChI is InChI=1S/C21H35N5/c1-2-22-21(24-20-10-11-20)23-12-6-7-13-25-14-16-26(17-15-25)18-19-8-4-3-5-9-19/h3-5,8-9,20H,2,6-7,10-18H2,1H3,(H2,22,23,24). The number of hydrogen-bond donors (Lipinski definition) is 2. The van der Waals surface area contributed by atoms with E-state index in [1.54, 1.807) is 0 Å². The molecule has 1 saturated carbocycles. The number of guanidine groups is 1. The predicted octanol–water partition coefficient (Wildman–Crippen LogP) is 2.30. The second-order valence-corrected chi connectivity index (χ2v) is 7.49. The van der Waals surface area contributed by atoms with Crippen LogP contribution in [0.15, 0.2) is 35.3 Å². The molecule has 144 valence electrons. The van der Waals surface area contributed by atoms with Gasteiger partial charge in [-0.05, 0) is 44.7 Å². The Hall–Kier alpha value is -1.59. The molecule has 5 nitrogen and oxygen atoms in total. The zero-order valence-corrected chi connectivity index (χ0v) is 16.3. The maximum absolute atomic E-state index is 4.70. The molecular formula is C21H35N5. The average Bonchev–Trinajstić information content (AvgIpc) is 3.48. The van der Waals surface area contributed by atoms with Crippen molar-refractivity contribution >= 4 is 5.96 Å². The molecule has 3 rings (SSSR count). The lowest BCUT2D eigenvalue weighted by atomic mass is 10.2. The molecule has 1 saturated heterocycles. The van der Waals surface area contributed by atoms with Crippen molar-refractivity contribution < 1.29 is 0 Å². The summed E-state index contributed by atoms with van der Waals surface area (Å²) in [5, 5.41) is 6.82. The van der Waals surface area contributed by atoms with Crippen LogP contribution < -0.4 is 10.6 Å². The van der Waals surface area contributed by atoms with E-state index in [4.69, 9.17) is 4.99 Å². The topological polar surface area (TPSA) is 42.9 Å². The van der Waals surface area contributed by atoms with Gasteiger partial charge in [-0.3, -0.25) is 9.89 Å². The molecule has 2 N–H and O–H groups in total. The highest BCUT2D eigenvalue weighted by molar-refractivity contribution is 5.80. The number of unbranched alkanes of at least 4 members (excludes halogenated alkanes) is 1. The molecule has 0 spiro atoms. The van der Waals surface area contributed by atoms with Gasteiger partial charge in [0.15, 0.2) is 5.96 Å². The van der Waals surface area contributed by atoms with Crippen LogP contribution >= 0.6 is 0 Å². The number of benzene rings is 1. The van der Waals surface area contributed by atoms with Crippen LogP contribution in [-0.4, -0.2) is 67.6 Å². The third-order valence-electron chi connectivity index (χ3n) is 5.13. The van der Waals surface area contributed by atoms with Gasteiger partial charge >= 0.3 is 0 Å². The van der Waals surface area contributed by atoms with Crippen LogP contribution in [0, 0.1) is 0 Å². The molecule has 0 radical (unpaired) electrons. The van der Waals surface area contributed by atoms with Gasteiger partial charge in [0.2, 0.25) is 0 Å². The summed E-state index contributed by atoms with van der Waals surface area (Å²) >= 11 is 0. The van der Waals surface area contributed by atoms with E-state index in [1.807, 2.05) is 0 Å². The quantitative estimate of drug-likeness (QED) is 0.404. The number of hydrogen-bond acceptors (Lipinski definition) is 3.